The molecule has 2 rings (SSSR count). The molecular weight excluding hydrogens is 246 g/mol. The standard InChI is InChI=1S/C14H13NO4/c1-7-4-5-10(6-11(7)14(18)19)15-12(16)8(2)9(3)13(15)17/h4-6H,1-3H3,(H,18,19). The van der Waals surface area contributed by atoms with Gasteiger partial charge in [-0.1, -0.05) is 6.07 Å². The highest BCUT2D eigenvalue weighted by atomic mass is 16.4. The Morgan fingerprint density at radius 2 is 1.58 bits per heavy atom. The molecule has 0 radical (unpaired) electrons. The summed E-state index contributed by atoms with van der Waals surface area (Å²) in [5.74, 6) is -1.88. The molecule has 1 N–H and O–H groups in total. The van der Waals surface area contributed by atoms with Crippen LogP contribution in [0.15, 0.2) is 29.3 Å². The average Bonchev–Trinajstić information content (AvgIpc) is 2.55. The Morgan fingerprint density at radius 1 is 1.05 bits per heavy atom. The van der Waals surface area contributed by atoms with Gasteiger partial charge in [0, 0.05) is 11.1 Å². The fraction of sp³-hybridized carbons (Fsp3) is 0.214. The number of rotatable bonds is 2. The molecular formula is C14H13NO4. The first kappa shape index (κ1) is 13.0. The molecule has 5 heteroatoms. The molecule has 19 heavy (non-hydrogen) atoms. The molecule has 0 atom stereocenters. The van der Waals surface area contributed by atoms with E-state index in [0.29, 0.717) is 16.7 Å². The number of carboxylic acid groups (broad SMARTS) is 1. The summed E-state index contributed by atoms with van der Waals surface area (Å²) in [7, 11) is 0. The number of aryl methyl sites for hydroxylation is 1. The Labute approximate surface area is 110 Å². The Hall–Kier alpha value is -2.43. The molecule has 1 aromatic carbocycles. The van der Waals surface area contributed by atoms with Crippen molar-refractivity contribution in [2.75, 3.05) is 4.90 Å². The number of hydrogen-bond donors (Lipinski definition) is 1. The van der Waals surface area contributed by atoms with Crippen molar-refractivity contribution in [1.82, 2.24) is 0 Å². The van der Waals surface area contributed by atoms with E-state index in [0.717, 1.165) is 4.90 Å². The van der Waals surface area contributed by atoms with Gasteiger partial charge < -0.3 is 5.11 Å². The van der Waals surface area contributed by atoms with Crippen LogP contribution in [0, 0.1) is 6.92 Å². The average molecular weight is 259 g/mol. The minimum atomic E-state index is -1.08. The largest absolute Gasteiger partial charge is 0.478 e. The number of carbonyl (C=O) groups is 3. The van der Waals surface area contributed by atoms with E-state index in [4.69, 9.17) is 5.11 Å². The summed E-state index contributed by atoms with van der Waals surface area (Å²) in [5.41, 5.74) is 1.73. The molecule has 2 amide bonds. The quantitative estimate of drug-likeness (QED) is 0.823. The van der Waals surface area contributed by atoms with Crippen LogP contribution in [0.4, 0.5) is 5.69 Å². The molecule has 1 aromatic rings. The summed E-state index contributed by atoms with van der Waals surface area (Å²) in [6.45, 7) is 4.83. The van der Waals surface area contributed by atoms with E-state index in [9.17, 15) is 14.4 Å². The van der Waals surface area contributed by atoms with Crippen LogP contribution in [0.1, 0.15) is 29.8 Å². The van der Waals surface area contributed by atoms with E-state index < -0.39 is 17.8 Å². The van der Waals surface area contributed by atoms with E-state index in [-0.39, 0.29) is 11.3 Å². The van der Waals surface area contributed by atoms with Gasteiger partial charge in [0.1, 0.15) is 0 Å². The molecule has 0 bridgehead atoms. The number of benzene rings is 1. The molecule has 1 aliphatic heterocycles. The van der Waals surface area contributed by atoms with Gasteiger partial charge in [0.15, 0.2) is 0 Å². The molecule has 0 unspecified atom stereocenters. The predicted octanol–water partition coefficient (Wildman–Crippen LogP) is 1.90. The van der Waals surface area contributed by atoms with Crippen molar-refractivity contribution in [3.63, 3.8) is 0 Å². The van der Waals surface area contributed by atoms with Crippen molar-refractivity contribution in [1.29, 1.82) is 0 Å². The second-order valence-corrected chi connectivity index (χ2v) is 4.50. The highest BCUT2D eigenvalue weighted by Gasteiger charge is 2.34. The Morgan fingerprint density at radius 3 is 2.05 bits per heavy atom. The maximum Gasteiger partial charge on any atom is 0.336 e. The van der Waals surface area contributed by atoms with Gasteiger partial charge in [0.25, 0.3) is 11.8 Å². The second kappa shape index (κ2) is 4.35. The molecule has 1 heterocycles. The van der Waals surface area contributed by atoms with Gasteiger partial charge in [-0.05, 0) is 38.5 Å². The lowest BCUT2D eigenvalue weighted by Crippen LogP contribution is -2.31. The van der Waals surface area contributed by atoms with Crippen molar-refractivity contribution < 1.29 is 19.5 Å². The summed E-state index contributed by atoms with van der Waals surface area (Å²) >= 11 is 0. The highest BCUT2D eigenvalue weighted by Crippen LogP contribution is 2.28. The van der Waals surface area contributed by atoms with Crippen LogP contribution in [0.5, 0.6) is 0 Å². The smallest absolute Gasteiger partial charge is 0.336 e. The number of carbonyl (C=O) groups excluding carboxylic acids is 2. The van der Waals surface area contributed by atoms with Crippen LogP contribution < -0.4 is 4.90 Å². The molecule has 98 valence electrons. The first-order valence-electron chi connectivity index (χ1n) is 5.74. The summed E-state index contributed by atoms with van der Waals surface area (Å²) in [5, 5.41) is 9.07. The van der Waals surface area contributed by atoms with E-state index in [1.54, 1.807) is 32.9 Å². The van der Waals surface area contributed by atoms with Gasteiger partial charge >= 0.3 is 5.97 Å². The van der Waals surface area contributed by atoms with Crippen LogP contribution in [0.3, 0.4) is 0 Å². The lowest BCUT2D eigenvalue weighted by Gasteiger charge is -2.16. The number of anilines is 1. The van der Waals surface area contributed by atoms with E-state index in [1.165, 1.54) is 6.07 Å². The van der Waals surface area contributed by atoms with E-state index >= 15 is 0 Å². The molecule has 0 aliphatic carbocycles. The summed E-state index contributed by atoms with van der Waals surface area (Å²) < 4.78 is 0. The fourth-order valence-electron chi connectivity index (χ4n) is 1.96. The van der Waals surface area contributed by atoms with E-state index in [1.807, 2.05) is 0 Å². The summed E-state index contributed by atoms with van der Waals surface area (Å²) in [6, 6.07) is 4.51. The van der Waals surface area contributed by atoms with Gasteiger partial charge in [-0.15, -0.1) is 0 Å². The minimum Gasteiger partial charge on any atom is -0.478 e. The maximum absolute atomic E-state index is 12.0. The maximum atomic E-state index is 12.0. The normalized spacial score (nSPS) is 15.4. The third-order valence-electron chi connectivity index (χ3n) is 3.32. The first-order chi connectivity index (χ1) is 8.84. The van der Waals surface area contributed by atoms with Crippen LogP contribution in [0.25, 0.3) is 0 Å². The molecule has 0 saturated carbocycles. The molecule has 1 aliphatic rings. The van der Waals surface area contributed by atoms with Crippen molar-refractivity contribution in [2.45, 2.75) is 20.8 Å². The Bertz CT molecular complexity index is 619. The van der Waals surface area contributed by atoms with E-state index in [2.05, 4.69) is 0 Å². The summed E-state index contributed by atoms with van der Waals surface area (Å²) in [4.78, 5) is 36.1. The number of nitrogens with zero attached hydrogens (tertiary/aromatic N) is 1. The van der Waals surface area contributed by atoms with Crippen molar-refractivity contribution in [2.24, 2.45) is 0 Å². The van der Waals surface area contributed by atoms with Gasteiger partial charge in [0.2, 0.25) is 0 Å². The summed E-state index contributed by atoms with van der Waals surface area (Å²) in [6.07, 6.45) is 0. The van der Waals surface area contributed by atoms with Gasteiger partial charge in [-0.2, -0.15) is 0 Å². The third-order valence-corrected chi connectivity index (χ3v) is 3.32. The lowest BCUT2D eigenvalue weighted by atomic mass is 10.1. The number of imide groups is 1. The van der Waals surface area contributed by atoms with Gasteiger partial charge in [0.05, 0.1) is 11.3 Å². The Kier molecular flexibility index (Phi) is 2.98. The zero-order chi connectivity index (χ0) is 14.3. The molecule has 5 nitrogen and oxygen atoms in total. The van der Waals surface area contributed by atoms with Crippen LogP contribution >= 0.6 is 0 Å². The SMILES string of the molecule is CC1=C(C)C(=O)N(c2ccc(C)c(C(=O)O)c2)C1=O. The molecule has 0 saturated heterocycles. The number of hydrogen-bond acceptors (Lipinski definition) is 3. The highest BCUT2D eigenvalue weighted by molar-refractivity contribution is 6.32. The molecule has 0 aromatic heterocycles. The predicted molar refractivity (Wildman–Crippen MR) is 69.0 cm³/mol. The third kappa shape index (κ3) is 1.93. The van der Waals surface area contributed by atoms with Gasteiger partial charge in [-0.25, -0.2) is 9.69 Å². The second-order valence-electron chi connectivity index (χ2n) is 4.50. The number of carboxylic acids is 1. The van der Waals surface area contributed by atoms with Crippen molar-refractivity contribution in [3.05, 3.63) is 40.5 Å². The zero-order valence-electron chi connectivity index (χ0n) is 10.9. The minimum absolute atomic E-state index is 0.0836. The molecule has 0 spiro atoms. The van der Waals surface area contributed by atoms with Gasteiger partial charge in [-0.3, -0.25) is 9.59 Å². The monoisotopic (exact) mass is 259 g/mol. The van der Waals surface area contributed by atoms with Crippen molar-refractivity contribution in [3.8, 4) is 0 Å². The number of aromatic carboxylic acids is 1. The van der Waals surface area contributed by atoms with Crippen LogP contribution in [0.2, 0.25) is 0 Å². The number of amides is 2. The molecule has 0 fully saturated rings. The zero-order valence-corrected chi connectivity index (χ0v) is 10.9. The topological polar surface area (TPSA) is 74.7 Å². The van der Waals surface area contributed by atoms with Crippen LogP contribution in [-0.2, 0) is 9.59 Å². The van der Waals surface area contributed by atoms with Crippen LogP contribution in [-0.4, -0.2) is 22.9 Å². The Balaban J connectivity index is 2.51. The first-order valence-corrected chi connectivity index (χ1v) is 5.74. The fourth-order valence-corrected chi connectivity index (χ4v) is 1.96. The lowest BCUT2D eigenvalue weighted by molar-refractivity contribution is -0.120. The van der Waals surface area contributed by atoms with Crippen molar-refractivity contribution >= 4 is 23.5 Å².